The van der Waals surface area contributed by atoms with Crippen LogP contribution in [0.4, 0.5) is 0 Å². The zero-order valence-electron chi connectivity index (χ0n) is 13.4. The quantitative estimate of drug-likeness (QED) is 0.895. The molecule has 1 heterocycles. The van der Waals surface area contributed by atoms with Gasteiger partial charge in [-0.2, -0.15) is 0 Å². The van der Waals surface area contributed by atoms with Gasteiger partial charge in [-0.3, -0.25) is 4.79 Å². The summed E-state index contributed by atoms with van der Waals surface area (Å²) in [5, 5.41) is 0. The van der Waals surface area contributed by atoms with Crippen LogP contribution in [0.15, 0.2) is 12.1 Å². The van der Waals surface area contributed by atoms with Gasteiger partial charge in [0.2, 0.25) is 5.75 Å². The van der Waals surface area contributed by atoms with E-state index in [2.05, 4.69) is 7.05 Å². The van der Waals surface area contributed by atoms with Crippen molar-refractivity contribution < 1.29 is 23.9 Å². The molecular formula is C16H24NO4+. The largest absolute Gasteiger partial charge is 0.493 e. The number of hydrogen-bond donors (Lipinski definition) is 1. The minimum absolute atomic E-state index is 0.0124. The van der Waals surface area contributed by atoms with Crippen molar-refractivity contribution in [2.45, 2.75) is 19.4 Å². The molecule has 0 radical (unpaired) electrons. The molecule has 1 aromatic rings. The average Bonchev–Trinajstić information content (AvgIpc) is 2.50. The van der Waals surface area contributed by atoms with Crippen LogP contribution in [0.1, 0.15) is 24.9 Å². The summed E-state index contributed by atoms with van der Waals surface area (Å²) >= 11 is 0. The number of piperidine rings is 1. The zero-order valence-corrected chi connectivity index (χ0v) is 13.4. The number of hydrogen-bond acceptors (Lipinski definition) is 4. The lowest BCUT2D eigenvalue weighted by molar-refractivity contribution is -0.917. The molecule has 0 bridgehead atoms. The number of ether oxygens (including phenoxy) is 3. The summed E-state index contributed by atoms with van der Waals surface area (Å²) in [7, 11) is 6.92. The van der Waals surface area contributed by atoms with Gasteiger partial charge in [0.1, 0.15) is 11.8 Å². The Morgan fingerprint density at radius 3 is 2.14 bits per heavy atom. The second kappa shape index (κ2) is 6.35. The fourth-order valence-electron chi connectivity index (χ4n) is 3.17. The van der Waals surface area contributed by atoms with Gasteiger partial charge in [-0.05, 0) is 19.1 Å². The number of quaternary nitrogens is 1. The van der Waals surface area contributed by atoms with Gasteiger partial charge in [-0.1, -0.05) is 0 Å². The first kappa shape index (κ1) is 15.6. The highest BCUT2D eigenvalue weighted by atomic mass is 16.5. The number of likely N-dealkylation sites (tertiary alicyclic amines) is 1. The van der Waals surface area contributed by atoms with Crippen molar-refractivity contribution in [2.24, 2.45) is 5.92 Å². The number of benzene rings is 1. The van der Waals surface area contributed by atoms with Crippen LogP contribution in [0.5, 0.6) is 17.2 Å². The number of rotatable bonds is 4. The Kier molecular flexibility index (Phi) is 4.73. The molecule has 1 fully saturated rings. The second-order valence-corrected chi connectivity index (χ2v) is 5.54. The molecule has 1 aliphatic rings. The van der Waals surface area contributed by atoms with Gasteiger partial charge in [-0.25, -0.2) is 0 Å². The van der Waals surface area contributed by atoms with Crippen LogP contribution in [0.3, 0.4) is 0 Å². The number of carbonyl (C=O) groups excluding carboxylic acids is 1. The first-order valence-corrected chi connectivity index (χ1v) is 7.18. The molecule has 116 valence electrons. The minimum atomic E-state index is -0.0124. The number of Topliss-reactive ketones (excluding diaryl/α,β-unsaturated/α-hetero) is 1. The number of methoxy groups -OCH3 is 3. The third-order valence-corrected chi connectivity index (χ3v) is 4.35. The van der Waals surface area contributed by atoms with Crippen molar-refractivity contribution in [3.8, 4) is 17.2 Å². The van der Waals surface area contributed by atoms with Crippen LogP contribution in [0, 0.1) is 5.92 Å². The highest BCUT2D eigenvalue weighted by Gasteiger charge is 2.37. The number of nitrogens with one attached hydrogen (secondary N) is 1. The van der Waals surface area contributed by atoms with Gasteiger partial charge < -0.3 is 19.1 Å². The lowest BCUT2D eigenvalue weighted by Gasteiger charge is -2.34. The van der Waals surface area contributed by atoms with Crippen molar-refractivity contribution >= 4 is 5.78 Å². The van der Waals surface area contributed by atoms with Gasteiger partial charge in [-0.15, -0.1) is 0 Å². The van der Waals surface area contributed by atoms with E-state index in [0.717, 1.165) is 12.1 Å². The third-order valence-electron chi connectivity index (χ3n) is 4.35. The first-order chi connectivity index (χ1) is 10.0. The predicted molar refractivity (Wildman–Crippen MR) is 79.4 cm³/mol. The van der Waals surface area contributed by atoms with E-state index in [1.54, 1.807) is 21.3 Å². The van der Waals surface area contributed by atoms with Crippen molar-refractivity contribution in [1.82, 2.24) is 0 Å². The van der Waals surface area contributed by atoms with Crippen LogP contribution in [0.2, 0.25) is 0 Å². The Balaban J connectivity index is 2.49. The summed E-state index contributed by atoms with van der Waals surface area (Å²) in [4.78, 5) is 13.4. The third kappa shape index (κ3) is 2.83. The molecule has 1 unspecified atom stereocenters. The van der Waals surface area contributed by atoms with E-state index in [1.807, 2.05) is 19.1 Å². The highest BCUT2D eigenvalue weighted by molar-refractivity contribution is 5.82. The van der Waals surface area contributed by atoms with Crippen molar-refractivity contribution in [3.63, 3.8) is 0 Å². The van der Waals surface area contributed by atoms with E-state index in [1.165, 1.54) is 4.90 Å². The van der Waals surface area contributed by atoms with E-state index in [4.69, 9.17) is 14.2 Å². The maximum absolute atomic E-state index is 12.1. The molecule has 1 N–H and O–H groups in total. The number of carbonyl (C=O) groups is 1. The molecule has 0 amide bonds. The van der Waals surface area contributed by atoms with Crippen LogP contribution in [-0.2, 0) is 4.79 Å². The van der Waals surface area contributed by atoms with Gasteiger partial charge in [0.25, 0.3) is 0 Å². The fraction of sp³-hybridized carbons (Fsp3) is 0.562. The first-order valence-electron chi connectivity index (χ1n) is 7.18. The summed E-state index contributed by atoms with van der Waals surface area (Å²) in [5.41, 5.74) is 1.04. The predicted octanol–water partition coefficient (Wildman–Crippen LogP) is 0.877. The maximum atomic E-state index is 12.1. The summed E-state index contributed by atoms with van der Waals surface area (Å²) in [6.07, 6.45) is 0.647. The standard InChI is InChI=1S/C16H23NO4/c1-10-12(18)6-7-17(2)15(10)11-8-13(19-3)16(21-5)14(9-11)20-4/h8-10,15H,6-7H2,1-5H3/p+1/t10-,15-/m0/s1. The number of ketones is 1. The molecule has 0 saturated carbocycles. The van der Waals surface area contributed by atoms with E-state index in [0.29, 0.717) is 29.5 Å². The van der Waals surface area contributed by atoms with Crippen LogP contribution in [0.25, 0.3) is 0 Å². The summed E-state index contributed by atoms with van der Waals surface area (Å²) in [6.45, 7) is 2.85. The normalized spacial score (nSPS) is 25.6. The van der Waals surface area contributed by atoms with Crippen LogP contribution in [-0.4, -0.2) is 40.7 Å². The van der Waals surface area contributed by atoms with Gasteiger partial charge in [0, 0.05) is 5.56 Å². The van der Waals surface area contributed by atoms with Crippen molar-refractivity contribution in [1.29, 1.82) is 0 Å². The van der Waals surface area contributed by atoms with E-state index in [-0.39, 0.29) is 12.0 Å². The van der Waals surface area contributed by atoms with Crippen molar-refractivity contribution in [3.05, 3.63) is 17.7 Å². The van der Waals surface area contributed by atoms with E-state index >= 15 is 0 Å². The van der Waals surface area contributed by atoms with Gasteiger partial charge >= 0.3 is 0 Å². The van der Waals surface area contributed by atoms with E-state index in [9.17, 15) is 4.79 Å². The lowest BCUT2D eigenvalue weighted by atomic mass is 9.85. The van der Waals surface area contributed by atoms with Crippen LogP contribution >= 0.6 is 0 Å². The Bertz CT molecular complexity index is 504. The molecular weight excluding hydrogens is 270 g/mol. The smallest absolute Gasteiger partial charge is 0.203 e. The molecule has 0 spiro atoms. The SMILES string of the molecule is COc1cc([C@@H]2[C@@H](C)C(=O)CC[NH+]2C)cc(OC)c1OC. The Hall–Kier alpha value is -1.75. The molecule has 3 atom stereocenters. The van der Waals surface area contributed by atoms with Crippen LogP contribution < -0.4 is 19.1 Å². The second-order valence-electron chi connectivity index (χ2n) is 5.54. The molecule has 1 aromatic carbocycles. The molecule has 0 aliphatic carbocycles. The molecule has 0 aromatic heterocycles. The fourth-order valence-corrected chi connectivity index (χ4v) is 3.17. The molecule has 5 heteroatoms. The van der Waals surface area contributed by atoms with E-state index < -0.39 is 0 Å². The molecule has 1 saturated heterocycles. The van der Waals surface area contributed by atoms with Gasteiger partial charge in [0.15, 0.2) is 11.5 Å². The summed E-state index contributed by atoms with van der Waals surface area (Å²) in [5.74, 6) is 2.15. The average molecular weight is 294 g/mol. The zero-order chi connectivity index (χ0) is 15.6. The maximum Gasteiger partial charge on any atom is 0.203 e. The molecule has 1 aliphatic heterocycles. The molecule has 2 rings (SSSR count). The molecule has 21 heavy (non-hydrogen) atoms. The monoisotopic (exact) mass is 294 g/mol. The Labute approximate surface area is 125 Å². The van der Waals surface area contributed by atoms with Gasteiger partial charge in [0.05, 0.1) is 47.3 Å². The Morgan fingerprint density at radius 2 is 1.67 bits per heavy atom. The summed E-state index contributed by atoms with van der Waals surface area (Å²) < 4.78 is 16.2. The highest BCUT2D eigenvalue weighted by Crippen LogP contribution is 2.40. The van der Waals surface area contributed by atoms with Crippen molar-refractivity contribution in [2.75, 3.05) is 34.9 Å². The summed E-state index contributed by atoms with van der Waals surface area (Å²) in [6, 6.07) is 4.01. The lowest BCUT2D eigenvalue weighted by Crippen LogP contribution is -3.11. The minimum Gasteiger partial charge on any atom is -0.493 e. The topological polar surface area (TPSA) is 49.2 Å². The Morgan fingerprint density at radius 1 is 1.10 bits per heavy atom. The molecule has 5 nitrogen and oxygen atoms in total.